The normalized spacial score (nSPS) is 15.3. The number of methoxy groups -OCH3 is 1. The van der Waals surface area contributed by atoms with Crippen molar-refractivity contribution in [3.05, 3.63) is 64.5 Å². The van der Waals surface area contributed by atoms with Gasteiger partial charge in [0.05, 0.1) is 0 Å². The Labute approximate surface area is 156 Å². The molecule has 2 heterocycles. The third-order valence-corrected chi connectivity index (χ3v) is 5.10. The molecule has 0 aliphatic carbocycles. The number of amides is 1. The van der Waals surface area contributed by atoms with E-state index in [1.165, 1.54) is 22.4 Å². The second-order valence-electron chi connectivity index (χ2n) is 7.29. The molecule has 1 aromatic heterocycles. The number of hydrogen-bond donors (Lipinski definition) is 0. The van der Waals surface area contributed by atoms with E-state index in [2.05, 4.69) is 50.2 Å². The Bertz CT molecular complexity index is 747. The molecule has 0 unspecified atom stereocenters. The number of carbonyl (C=O) groups is 1. The third kappa shape index (κ3) is 4.70. The highest BCUT2D eigenvalue weighted by Gasteiger charge is 2.24. The lowest BCUT2D eigenvalue weighted by molar-refractivity contribution is -0.136. The quantitative estimate of drug-likeness (QED) is 0.825. The van der Waals surface area contributed by atoms with Gasteiger partial charge in [0.15, 0.2) is 0 Å². The molecule has 1 aliphatic rings. The Balaban J connectivity index is 1.68. The largest absolute Gasteiger partial charge is 0.375 e. The summed E-state index contributed by atoms with van der Waals surface area (Å²) in [4.78, 5) is 18.7. The average molecular weight is 352 g/mol. The van der Waals surface area contributed by atoms with Crippen molar-refractivity contribution in [1.29, 1.82) is 0 Å². The van der Waals surface area contributed by atoms with Crippen LogP contribution in [0.3, 0.4) is 0 Å². The predicted molar refractivity (Wildman–Crippen MR) is 103 cm³/mol. The van der Waals surface area contributed by atoms with Crippen LogP contribution < -0.4 is 0 Å². The first-order chi connectivity index (χ1) is 12.5. The molecule has 1 saturated heterocycles. The number of carbonyl (C=O) groups excluding carboxylic acids is 1. The molecule has 0 N–H and O–H groups in total. The second-order valence-corrected chi connectivity index (χ2v) is 7.29. The number of rotatable bonds is 5. The summed E-state index contributed by atoms with van der Waals surface area (Å²) < 4.78 is 4.96. The summed E-state index contributed by atoms with van der Waals surface area (Å²) >= 11 is 0. The zero-order chi connectivity index (χ0) is 18.5. The molecule has 0 atom stereocenters. The van der Waals surface area contributed by atoms with Crippen LogP contribution in [0.15, 0.2) is 36.4 Å². The van der Waals surface area contributed by atoms with E-state index in [0.717, 1.165) is 38.0 Å². The molecule has 26 heavy (non-hydrogen) atoms. The van der Waals surface area contributed by atoms with E-state index in [1.54, 1.807) is 7.11 Å². The number of hydrogen-bond acceptors (Lipinski definition) is 3. The molecule has 0 radical (unpaired) electrons. The molecule has 2 aromatic rings. The number of pyridine rings is 1. The number of aromatic nitrogens is 1. The van der Waals surface area contributed by atoms with E-state index < -0.39 is 0 Å². The lowest BCUT2D eigenvalue weighted by atomic mass is 9.91. The Kier molecular flexibility index (Phi) is 6.04. The molecule has 4 nitrogen and oxygen atoms in total. The van der Waals surface area contributed by atoms with Gasteiger partial charge in [-0.3, -0.25) is 9.78 Å². The molecular formula is C22H28N2O2. The van der Waals surface area contributed by atoms with Crippen LogP contribution in [0.2, 0.25) is 0 Å². The van der Waals surface area contributed by atoms with Gasteiger partial charge in [-0.05, 0) is 56.4 Å². The van der Waals surface area contributed by atoms with Crippen molar-refractivity contribution in [1.82, 2.24) is 9.88 Å². The number of aryl methyl sites for hydroxylation is 2. The van der Waals surface area contributed by atoms with E-state index in [-0.39, 0.29) is 12.5 Å². The molecule has 0 spiro atoms. The van der Waals surface area contributed by atoms with Gasteiger partial charge in [0.25, 0.3) is 0 Å². The van der Waals surface area contributed by atoms with Crippen LogP contribution in [0, 0.1) is 13.8 Å². The second kappa shape index (κ2) is 8.45. The van der Waals surface area contributed by atoms with Gasteiger partial charge in [-0.1, -0.05) is 29.8 Å². The molecule has 3 rings (SSSR count). The minimum absolute atomic E-state index is 0.0863. The fourth-order valence-corrected chi connectivity index (χ4v) is 3.66. The lowest BCUT2D eigenvalue weighted by Gasteiger charge is -2.32. The summed E-state index contributed by atoms with van der Waals surface area (Å²) in [6.45, 7) is 5.93. The van der Waals surface area contributed by atoms with Crippen LogP contribution in [-0.2, 0) is 16.0 Å². The molecule has 138 valence electrons. The van der Waals surface area contributed by atoms with E-state index >= 15 is 0 Å². The Morgan fingerprint density at radius 1 is 1.12 bits per heavy atom. The molecule has 1 amide bonds. The van der Waals surface area contributed by atoms with Gasteiger partial charge in [-0.2, -0.15) is 0 Å². The molecule has 0 bridgehead atoms. The Hall–Kier alpha value is -2.20. The smallest absolute Gasteiger partial charge is 0.248 e. The molecule has 1 fully saturated rings. The number of nitrogens with zero attached hydrogens (tertiary/aromatic N) is 2. The van der Waals surface area contributed by atoms with Gasteiger partial charge >= 0.3 is 0 Å². The van der Waals surface area contributed by atoms with Crippen molar-refractivity contribution >= 4 is 5.91 Å². The van der Waals surface area contributed by atoms with Crippen LogP contribution in [0.1, 0.15) is 46.8 Å². The van der Waals surface area contributed by atoms with E-state index in [1.807, 2.05) is 4.90 Å². The van der Waals surface area contributed by atoms with Crippen LogP contribution in [0.5, 0.6) is 0 Å². The summed E-state index contributed by atoms with van der Waals surface area (Å²) in [5.41, 5.74) is 6.17. The maximum atomic E-state index is 12.0. The SMILES string of the molecule is COCC(=O)N1CCC(c2cc(Cc3ccc(C)cc3)cc(C)n2)CC1. The maximum Gasteiger partial charge on any atom is 0.248 e. The van der Waals surface area contributed by atoms with Crippen LogP contribution in [-0.4, -0.2) is 42.6 Å². The van der Waals surface area contributed by atoms with Crippen LogP contribution in [0.25, 0.3) is 0 Å². The zero-order valence-electron chi connectivity index (χ0n) is 16.0. The van der Waals surface area contributed by atoms with Crippen molar-refractivity contribution < 1.29 is 9.53 Å². The van der Waals surface area contributed by atoms with E-state index in [0.29, 0.717) is 5.92 Å². The Morgan fingerprint density at radius 3 is 2.46 bits per heavy atom. The van der Waals surface area contributed by atoms with Crippen molar-refractivity contribution in [2.45, 2.75) is 39.0 Å². The Morgan fingerprint density at radius 2 is 1.81 bits per heavy atom. The highest BCUT2D eigenvalue weighted by Crippen LogP contribution is 2.28. The van der Waals surface area contributed by atoms with Gasteiger partial charge < -0.3 is 9.64 Å². The highest BCUT2D eigenvalue weighted by atomic mass is 16.5. The number of ether oxygens (including phenoxy) is 1. The van der Waals surface area contributed by atoms with E-state index in [4.69, 9.17) is 9.72 Å². The van der Waals surface area contributed by atoms with Crippen molar-refractivity contribution in [3.63, 3.8) is 0 Å². The summed E-state index contributed by atoms with van der Waals surface area (Å²) in [7, 11) is 1.57. The van der Waals surface area contributed by atoms with Gasteiger partial charge in [-0.15, -0.1) is 0 Å². The summed E-state index contributed by atoms with van der Waals surface area (Å²) in [6, 6.07) is 13.2. The average Bonchev–Trinajstić information content (AvgIpc) is 2.63. The van der Waals surface area contributed by atoms with Gasteiger partial charge in [-0.25, -0.2) is 0 Å². The topological polar surface area (TPSA) is 42.4 Å². The van der Waals surface area contributed by atoms with E-state index in [9.17, 15) is 4.79 Å². The first-order valence-corrected chi connectivity index (χ1v) is 9.35. The zero-order valence-corrected chi connectivity index (χ0v) is 16.0. The summed E-state index contributed by atoms with van der Waals surface area (Å²) in [5, 5.41) is 0. The molecule has 1 aromatic carbocycles. The van der Waals surface area contributed by atoms with Gasteiger partial charge in [0.1, 0.15) is 6.61 Å². The first kappa shape index (κ1) is 18.6. The summed E-state index contributed by atoms with van der Waals surface area (Å²) in [5.74, 6) is 0.515. The van der Waals surface area contributed by atoms with Crippen molar-refractivity contribution in [2.24, 2.45) is 0 Å². The molecule has 1 aliphatic heterocycles. The van der Waals surface area contributed by atoms with Crippen molar-refractivity contribution in [2.75, 3.05) is 26.8 Å². The first-order valence-electron chi connectivity index (χ1n) is 9.35. The number of benzene rings is 1. The monoisotopic (exact) mass is 352 g/mol. The predicted octanol–water partition coefficient (Wildman–Crippen LogP) is 3.64. The molecule has 4 heteroatoms. The fourth-order valence-electron chi connectivity index (χ4n) is 3.66. The maximum absolute atomic E-state index is 12.0. The number of likely N-dealkylation sites (tertiary alicyclic amines) is 1. The minimum Gasteiger partial charge on any atom is -0.375 e. The highest BCUT2D eigenvalue weighted by molar-refractivity contribution is 5.77. The molecule has 0 saturated carbocycles. The standard InChI is InChI=1S/C22H28N2O2/c1-16-4-6-18(7-5-16)13-19-12-17(2)23-21(14-19)20-8-10-24(11-9-20)22(25)15-26-3/h4-7,12,14,20H,8-11,13,15H2,1-3H3. The van der Waals surface area contributed by atoms with Gasteiger partial charge in [0.2, 0.25) is 5.91 Å². The third-order valence-electron chi connectivity index (χ3n) is 5.10. The van der Waals surface area contributed by atoms with Crippen LogP contribution >= 0.6 is 0 Å². The lowest BCUT2D eigenvalue weighted by Crippen LogP contribution is -2.39. The van der Waals surface area contributed by atoms with Crippen LogP contribution in [0.4, 0.5) is 0 Å². The molecular weight excluding hydrogens is 324 g/mol. The minimum atomic E-state index is 0.0863. The number of piperidine rings is 1. The van der Waals surface area contributed by atoms with Crippen molar-refractivity contribution in [3.8, 4) is 0 Å². The van der Waals surface area contributed by atoms with Gasteiger partial charge in [0, 0.05) is 37.5 Å². The summed E-state index contributed by atoms with van der Waals surface area (Å²) in [6.07, 6.45) is 2.87. The fraction of sp³-hybridized carbons (Fsp3) is 0.455.